The average Bonchev–Trinajstić information content (AvgIpc) is 3.05. The fourth-order valence-corrected chi connectivity index (χ4v) is 3.07. The second-order valence-electron chi connectivity index (χ2n) is 5.71. The zero-order valence-corrected chi connectivity index (χ0v) is 14.4. The largest absolute Gasteiger partial charge is 0.495 e. The van der Waals surface area contributed by atoms with Crippen LogP contribution in [0.1, 0.15) is 6.42 Å². The molecule has 1 saturated heterocycles. The van der Waals surface area contributed by atoms with Crippen LogP contribution < -0.4 is 9.64 Å². The fourth-order valence-electron chi connectivity index (χ4n) is 2.92. The summed E-state index contributed by atoms with van der Waals surface area (Å²) < 4.78 is 7.12. The van der Waals surface area contributed by atoms with Crippen molar-refractivity contribution in [1.29, 1.82) is 0 Å². The molecule has 1 aromatic carbocycles. The van der Waals surface area contributed by atoms with E-state index >= 15 is 0 Å². The second kappa shape index (κ2) is 7.57. The second-order valence-corrected chi connectivity index (χ2v) is 6.15. The Balaban J connectivity index is 1.52. The molecule has 0 saturated carbocycles. The van der Waals surface area contributed by atoms with Crippen LogP contribution in [0.5, 0.6) is 5.75 Å². The number of anilines is 1. The summed E-state index contributed by atoms with van der Waals surface area (Å²) in [4.78, 5) is 16.5. The van der Waals surface area contributed by atoms with Gasteiger partial charge in [-0.15, -0.1) is 0 Å². The van der Waals surface area contributed by atoms with Gasteiger partial charge < -0.3 is 14.5 Å². The smallest absolute Gasteiger partial charge is 0.224 e. The molecular weight excluding hydrogens is 328 g/mol. The molecule has 24 heavy (non-hydrogen) atoms. The lowest BCUT2D eigenvalue weighted by Crippen LogP contribution is -2.49. The Morgan fingerprint density at radius 1 is 1.25 bits per heavy atom. The van der Waals surface area contributed by atoms with Crippen molar-refractivity contribution in [1.82, 2.24) is 14.7 Å². The third-order valence-corrected chi connectivity index (χ3v) is 4.41. The predicted molar refractivity (Wildman–Crippen MR) is 93.6 cm³/mol. The summed E-state index contributed by atoms with van der Waals surface area (Å²) in [6, 6.07) is 7.98. The number of methoxy groups -OCH3 is 1. The van der Waals surface area contributed by atoms with Gasteiger partial charge in [0.2, 0.25) is 5.91 Å². The van der Waals surface area contributed by atoms with E-state index in [4.69, 9.17) is 16.3 Å². The maximum Gasteiger partial charge on any atom is 0.224 e. The van der Waals surface area contributed by atoms with Gasteiger partial charge >= 0.3 is 0 Å². The highest BCUT2D eigenvalue weighted by molar-refractivity contribution is 6.30. The molecule has 0 aliphatic carbocycles. The molecule has 0 atom stereocenters. The Morgan fingerprint density at radius 2 is 2.00 bits per heavy atom. The molecule has 0 unspecified atom stereocenters. The van der Waals surface area contributed by atoms with E-state index in [9.17, 15) is 4.79 Å². The van der Waals surface area contributed by atoms with Gasteiger partial charge in [-0.3, -0.25) is 9.48 Å². The van der Waals surface area contributed by atoms with E-state index in [1.54, 1.807) is 24.2 Å². The number of rotatable bonds is 5. The molecule has 128 valence electrons. The van der Waals surface area contributed by atoms with Crippen molar-refractivity contribution in [3.8, 4) is 5.75 Å². The van der Waals surface area contributed by atoms with Gasteiger partial charge in [-0.05, 0) is 12.1 Å². The number of aromatic nitrogens is 2. The number of amides is 1. The van der Waals surface area contributed by atoms with Crippen molar-refractivity contribution in [2.75, 3.05) is 38.2 Å². The van der Waals surface area contributed by atoms with Crippen LogP contribution in [-0.4, -0.2) is 53.9 Å². The van der Waals surface area contributed by atoms with E-state index in [2.05, 4.69) is 16.1 Å². The zero-order chi connectivity index (χ0) is 16.9. The minimum Gasteiger partial charge on any atom is -0.495 e. The van der Waals surface area contributed by atoms with E-state index in [-0.39, 0.29) is 5.91 Å². The summed E-state index contributed by atoms with van der Waals surface area (Å²) >= 11 is 5.83. The van der Waals surface area contributed by atoms with Gasteiger partial charge in [-0.25, -0.2) is 0 Å². The van der Waals surface area contributed by atoms with Gasteiger partial charge in [0.05, 0.1) is 24.0 Å². The highest BCUT2D eigenvalue weighted by Crippen LogP contribution is 2.28. The molecule has 1 amide bonds. The monoisotopic (exact) mass is 348 g/mol. The minimum absolute atomic E-state index is 0.154. The number of para-hydroxylation sites is 2. The molecule has 1 aliphatic heterocycles. The topological polar surface area (TPSA) is 50.6 Å². The Hall–Kier alpha value is -2.21. The summed E-state index contributed by atoms with van der Waals surface area (Å²) in [6.07, 6.45) is 3.75. The van der Waals surface area contributed by atoms with Crippen LogP contribution in [0.4, 0.5) is 5.69 Å². The zero-order valence-electron chi connectivity index (χ0n) is 13.7. The number of aryl methyl sites for hydroxylation is 1. The maximum atomic E-state index is 12.4. The van der Waals surface area contributed by atoms with Gasteiger partial charge in [-0.2, -0.15) is 5.10 Å². The van der Waals surface area contributed by atoms with Crippen LogP contribution in [0.3, 0.4) is 0 Å². The molecule has 7 heteroatoms. The van der Waals surface area contributed by atoms with Crippen LogP contribution in [0.2, 0.25) is 5.02 Å². The van der Waals surface area contributed by atoms with Crippen molar-refractivity contribution < 1.29 is 9.53 Å². The number of carbonyl (C=O) groups is 1. The first-order valence-electron chi connectivity index (χ1n) is 8.01. The summed E-state index contributed by atoms with van der Waals surface area (Å²) in [5, 5.41) is 4.69. The summed E-state index contributed by atoms with van der Waals surface area (Å²) in [7, 11) is 1.68. The molecule has 6 nitrogen and oxygen atoms in total. The quantitative estimate of drug-likeness (QED) is 0.832. The van der Waals surface area contributed by atoms with Gasteiger partial charge in [-0.1, -0.05) is 23.7 Å². The molecule has 1 fully saturated rings. The molecule has 2 aromatic rings. The minimum atomic E-state index is 0.154. The molecule has 0 N–H and O–H groups in total. The van der Waals surface area contributed by atoms with Crippen molar-refractivity contribution in [3.05, 3.63) is 41.7 Å². The van der Waals surface area contributed by atoms with E-state index in [1.165, 1.54) is 0 Å². The predicted octanol–water partition coefficient (Wildman–Crippen LogP) is 2.28. The molecule has 1 aromatic heterocycles. The molecule has 3 rings (SSSR count). The summed E-state index contributed by atoms with van der Waals surface area (Å²) in [6.45, 7) is 3.60. The van der Waals surface area contributed by atoms with Crippen molar-refractivity contribution in [2.45, 2.75) is 13.0 Å². The van der Waals surface area contributed by atoms with Gasteiger partial charge in [0.1, 0.15) is 5.75 Å². The standard InChI is InChI=1S/C17H21ClN4O2/c1-24-16-5-3-2-4-15(16)20-8-10-21(11-9-20)17(23)6-7-22-13-14(18)12-19-22/h2-5,12-13H,6-11H2,1H3. The van der Waals surface area contributed by atoms with E-state index in [0.29, 0.717) is 18.0 Å². The highest BCUT2D eigenvalue weighted by Gasteiger charge is 2.22. The summed E-state index contributed by atoms with van der Waals surface area (Å²) in [5.41, 5.74) is 1.08. The first-order valence-corrected chi connectivity index (χ1v) is 8.39. The van der Waals surface area contributed by atoms with Crippen LogP contribution >= 0.6 is 11.6 Å². The Kier molecular flexibility index (Phi) is 5.25. The number of piperazine rings is 1. The van der Waals surface area contributed by atoms with E-state index in [1.807, 2.05) is 23.1 Å². The van der Waals surface area contributed by atoms with Crippen molar-refractivity contribution in [2.24, 2.45) is 0 Å². The fraction of sp³-hybridized carbons (Fsp3) is 0.412. The van der Waals surface area contributed by atoms with Crippen LogP contribution in [0.25, 0.3) is 0 Å². The number of hydrogen-bond acceptors (Lipinski definition) is 4. The lowest BCUT2D eigenvalue weighted by Gasteiger charge is -2.36. The number of halogens is 1. The van der Waals surface area contributed by atoms with Crippen molar-refractivity contribution >= 4 is 23.2 Å². The number of nitrogens with zero attached hydrogens (tertiary/aromatic N) is 4. The Labute approximate surface area is 146 Å². The van der Waals surface area contributed by atoms with Crippen LogP contribution in [0.15, 0.2) is 36.7 Å². The van der Waals surface area contributed by atoms with E-state index in [0.717, 1.165) is 37.6 Å². The molecule has 0 bridgehead atoms. The lowest BCUT2D eigenvalue weighted by molar-refractivity contribution is -0.131. The van der Waals surface area contributed by atoms with Crippen LogP contribution in [0, 0.1) is 0 Å². The molecule has 2 heterocycles. The normalized spacial score (nSPS) is 14.8. The number of ether oxygens (including phenoxy) is 1. The van der Waals surface area contributed by atoms with Gasteiger partial charge in [0.25, 0.3) is 0 Å². The van der Waals surface area contributed by atoms with Gasteiger partial charge in [0, 0.05) is 45.3 Å². The molecule has 0 spiro atoms. The lowest BCUT2D eigenvalue weighted by atomic mass is 10.2. The Bertz CT molecular complexity index is 695. The molecule has 0 radical (unpaired) electrons. The third kappa shape index (κ3) is 3.82. The first-order chi connectivity index (χ1) is 11.7. The average molecular weight is 349 g/mol. The third-order valence-electron chi connectivity index (χ3n) is 4.21. The SMILES string of the molecule is COc1ccccc1N1CCN(C(=O)CCn2cc(Cl)cn2)CC1. The number of carbonyl (C=O) groups excluding carboxylic acids is 1. The maximum absolute atomic E-state index is 12.4. The first kappa shape index (κ1) is 16.6. The number of hydrogen-bond donors (Lipinski definition) is 0. The van der Waals surface area contributed by atoms with E-state index < -0.39 is 0 Å². The summed E-state index contributed by atoms with van der Waals surface area (Å²) in [5.74, 6) is 1.02. The molecule has 1 aliphatic rings. The van der Waals surface area contributed by atoms with Crippen LogP contribution in [-0.2, 0) is 11.3 Å². The number of benzene rings is 1. The van der Waals surface area contributed by atoms with Gasteiger partial charge in [0.15, 0.2) is 0 Å². The Morgan fingerprint density at radius 3 is 2.67 bits per heavy atom. The van der Waals surface area contributed by atoms with Crippen molar-refractivity contribution in [3.63, 3.8) is 0 Å². The molecular formula is C17H21ClN4O2. The highest BCUT2D eigenvalue weighted by atomic mass is 35.5.